The molecule has 0 aliphatic heterocycles. The minimum absolute atomic E-state index is 0.337. The van der Waals surface area contributed by atoms with Crippen molar-refractivity contribution >= 4 is 28.2 Å². The molecular weight excluding hydrogens is 226 g/mol. The van der Waals surface area contributed by atoms with Crippen molar-refractivity contribution in [1.82, 2.24) is 10.3 Å². The lowest BCUT2D eigenvalue weighted by molar-refractivity contribution is 0.636. The van der Waals surface area contributed by atoms with Crippen molar-refractivity contribution in [3.05, 3.63) is 11.1 Å². The Kier molecular flexibility index (Phi) is 5.42. The Labute approximate surface area is 100 Å². The Hall–Kier alpha value is -0.260. The van der Waals surface area contributed by atoms with Crippen LogP contribution < -0.4 is 10.2 Å². The van der Waals surface area contributed by atoms with Crippen molar-refractivity contribution in [1.29, 1.82) is 0 Å². The summed E-state index contributed by atoms with van der Waals surface area (Å²) >= 11 is 3.58. The van der Waals surface area contributed by atoms with Gasteiger partial charge in [-0.05, 0) is 20.2 Å². The molecule has 0 saturated carbocycles. The normalized spacial score (nSPS) is 12.8. The molecule has 1 aromatic heterocycles. The smallest absolute Gasteiger partial charge is 0.185 e. The summed E-state index contributed by atoms with van der Waals surface area (Å²) in [6.07, 6.45) is 2.13. The van der Waals surface area contributed by atoms with Crippen molar-refractivity contribution in [2.45, 2.75) is 13.0 Å². The number of rotatable bonds is 6. The SMILES string of the molecule is CNC(C)c1csc(N(C)CCSC)n1. The van der Waals surface area contributed by atoms with Crippen LogP contribution in [0.2, 0.25) is 0 Å². The fraction of sp³-hybridized carbons (Fsp3) is 0.700. The van der Waals surface area contributed by atoms with Gasteiger partial charge in [0.2, 0.25) is 0 Å². The summed E-state index contributed by atoms with van der Waals surface area (Å²) in [6, 6.07) is 0.337. The predicted molar refractivity (Wildman–Crippen MR) is 71.2 cm³/mol. The molecule has 0 bridgehead atoms. The van der Waals surface area contributed by atoms with E-state index in [4.69, 9.17) is 0 Å². The molecule has 0 fully saturated rings. The second-order valence-electron chi connectivity index (χ2n) is 3.48. The van der Waals surface area contributed by atoms with Crippen molar-refractivity contribution in [3.8, 4) is 0 Å². The van der Waals surface area contributed by atoms with Gasteiger partial charge in [-0.2, -0.15) is 11.8 Å². The molecule has 15 heavy (non-hydrogen) atoms. The van der Waals surface area contributed by atoms with Gasteiger partial charge >= 0.3 is 0 Å². The summed E-state index contributed by atoms with van der Waals surface area (Å²) in [5.74, 6) is 1.15. The molecule has 0 aliphatic rings. The van der Waals surface area contributed by atoms with Gasteiger partial charge in [0, 0.05) is 30.8 Å². The molecule has 1 heterocycles. The summed E-state index contributed by atoms with van der Waals surface area (Å²) in [5.41, 5.74) is 1.13. The van der Waals surface area contributed by atoms with Crippen LogP contribution in [-0.4, -0.2) is 37.6 Å². The first-order chi connectivity index (χ1) is 7.19. The summed E-state index contributed by atoms with van der Waals surface area (Å²) in [6.45, 7) is 3.18. The monoisotopic (exact) mass is 245 g/mol. The highest BCUT2D eigenvalue weighted by Gasteiger charge is 2.10. The molecule has 0 aromatic carbocycles. The van der Waals surface area contributed by atoms with E-state index in [0.717, 1.165) is 23.1 Å². The van der Waals surface area contributed by atoms with Gasteiger partial charge < -0.3 is 10.2 Å². The number of anilines is 1. The third kappa shape index (κ3) is 3.66. The van der Waals surface area contributed by atoms with Crippen LogP contribution in [0.15, 0.2) is 5.38 Å². The highest BCUT2D eigenvalue weighted by atomic mass is 32.2. The third-order valence-electron chi connectivity index (χ3n) is 2.34. The molecule has 1 N–H and O–H groups in total. The van der Waals surface area contributed by atoms with E-state index in [1.807, 2.05) is 18.8 Å². The molecule has 0 saturated heterocycles. The Balaban J connectivity index is 2.58. The maximum absolute atomic E-state index is 4.61. The summed E-state index contributed by atoms with van der Waals surface area (Å²) in [7, 11) is 4.06. The number of nitrogens with zero attached hydrogens (tertiary/aromatic N) is 2. The van der Waals surface area contributed by atoms with Crippen LogP contribution >= 0.6 is 23.1 Å². The number of hydrogen-bond donors (Lipinski definition) is 1. The van der Waals surface area contributed by atoms with Crippen LogP contribution in [0.25, 0.3) is 0 Å². The van der Waals surface area contributed by atoms with E-state index in [1.54, 1.807) is 11.3 Å². The highest BCUT2D eigenvalue weighted by Crippen LogP contribution is 2.22. The Morgan fingerprint density at radius 3 is 3.00 bits per heavy atom. The van der Waals surface area contributed by atoms with E-state index < -0.39 is 0 Å². The molecule has 3 nitrogen and oxygen atoms in total. The van der Waals surface area contributed by atoms with Crippen LogP contribution in [0.4, 0.5) is 5.13 Å². The zero-order valence-corrected chi connectivity index (χ0v) is 11.4. The predicted octanol–water partition coefficient (Wildman–Crippen LogP) is 2.22. The third-order valence-corrected chi connectivity index (χ3v) is 3.91. The van der Waals surface area contributed by atoms with Gasteiger partial charge in [-0.1, -0.05) is 0 Å². The Morgan fingerprint density at radius 1 is 1.67 bits per heavy atom. The van der Waals surface area contributed by atoms with Crippen LogP contribution in [0.3, 0.4) is 0 Å². The average Bonchev–Trinajstić information content (AvgIpc) is 2.74. The van der Waals surface area contributed by atoms with Crippen LogP contribution in [0.5, 0.6) is 0 Å². The van der Waals surface area contributed by atoms with Gasteiger partial charge in [-0.15, -0.1) is 11.3 Å². The van der Waals surface area contributed by atoms with Crippen molar-refractivity contribution in [2.75, 3.05) is 37.5 Å². The molecule has 0 amide bonds. The lowest BCUT2D eigenvalue weighted by Gasteiger charge is -2.14. The number of thioether (sulfide) groups is 1. The topological polar surface area (TPSA) is 28.2 Å². The second kappa shape index (κ2) is 6.35. The molecule has 1 atom stereocenters. The second-order valence-corrected chi connectivity index (χ2v) is 5.30. The fourth-order valence-corrected chi connectivity index (χ4v) is 2.49. The first-order valence-corrected chi connectivity index (χ1v) is 7.29. The molecule has 1 unspecified atom stereocenters. The lowest BCUT2D eigenvalue weighted by atomic mass is 10.3. The molecule has 86 valence electrons. The molecule has 1 aromatic rings. The minimum Gasteiger partial charge on any atom is -0.350 e. The molecule has 1 rings (SSSR count). The first-order valence-electron chi connectivity index (χ1n) is 5.01. The zero-order chi connectivity index (χ0) is 11.3. The van der Waals surface area contributed by atoms with Gasteiger partial charge in [-0.3, -0.25) is 0 Å². The maximum atomic E-state index is 4.61. The number of aromatic nitrogens is 1. The van der Waals surface area contributed by atoms with Crippen molar-refractivity contribution < 1.29 is 0 Å². The van der Waals surface area contributed by atoms with E-state index >= 15 is 0 Å². The summed E-state index contributed by atoms with van der Waals surface area (Å²) in [4.78, 5) is 6.82. The average molecular weight is 245 g/mol. The first kappa shape index (κ1) is 12.8. The largest absolute Gasteiger partial charge is 0.350 e. The van der Waals surface area contributed by atoms with Crippen LogP contribution in [0.1, 0.15) is 18.7 Å². The fourth-order valence-electron chi connectivity index (χ4n) is 1.12. The van der Waals surface area contributed by atoms with E-state index in [1.165, 1.54) is 0 Å². The Morgan fingerprint density at radius 2 is 2.40 bits per heavy atom. The zero-order valence-electron chi connectivity index (χ0n) is 9.78. The standard InChI is InChI=1S/C10H19N3S2/c1-8(11-2)9-7-15-10(12-9)13(3)5-6-14-4/h7-8,11H,5-6H2,1-4H3. The number of thiazole rings is 1. The van der Waals surface area contributed by atoms with Gasteiger partial charge in [-0.25, -0.2) is 4.98 Å². The van der Waals surface area contributed by atoms with Gasteiger partial charge in [0.1, 0.15) is 0 Å². The van der Waals surface area contributed by atoms with Gasteiger partial charge in [0.05, 0.1) is 5.69 Å². The van der Waals surface area contributed by atoms with E-state index in [2.05, 4.69) is 40.8 Å². The molecule has 5 heteroatoms. The van der Waals surface area contributed by atoms with Gasteiger partial charge in [0.15, 0.2) is 5.13 Å². The summed E-state index contributed by atoms with van der Waals surface area (Å²) in [5, 5.41) is 6.44. The van der Waals surface area contributed by atoms with E-state index in [-0.39, 0.29) is 0 Å². The quantitative estimate of drug-likeness (QED) is 0.832. The van der Waals surface area contributed by atoms with Crippen molar-refractivity contribution in [3.63, 3.8) is 0 Å². The van der Waals surface area contributed by atoms with Gasteiger partial charge in [0.25, 0.3) is 0 Å². The molecule has 0 spiro atoms. The maximum Gasteiger partial charge on any atom is 0.185 e. The highest BCUT2D eigenvalue weighted by molar-refractivity contribution is 7.98. The van der Waals surface area contributed by atoms with E-state index in [9.17, 15) is 0 Å². The minimum atomic E-state index is 0.337. The van der Waals surface area contributed by atoms with Crippen LogP contribution in [0, 0.1) is 0 Å². The van der Waals surface area contributed by atoms with Crippen molar-refractivity contribution in [2.24, 2.45) is 0 Å². The lowest BCUT2D eigenvalue weighted by Crippen LogP contribution is -2.20. The Bertz CT molecular complexity index is 288. The summed E-state index contributed by atoms with van der Waals surface area (Å²) < 4.78 is 0. The number of nitrogens with one attached hydrogen (secondary N) is 1. The molecule has 0 radical (unpaired) electrons. The molecular formula is C10H19N3S2. The molecule has 0 aliphatic carbocycles. The van der Waals surface area contributed by atoms with E-state index in [0.29, 0.717) is 6.04 Å². The number of hydrogen-bond acceptors (Lipinski definition) is 5. The van der Waals surface area contributed by atoms with Crippen LogP contribution in [-0.2, 0) is 0 Å².